The summed E-state index contributed by atoms with van der Waals surface area (Å²) < 4.78 is 32.7. The summed E-state index contributed by atoms with van der Waals surface area (Å²) in [6, 6.07) is 22.0. The van der Waals surface area contributed by atoms with Crippen LogP contribution in [0, 0.1) is 0 Å². The number of nitrogens with zero attached hydrogens (tertiary/aromatic N) is 2. The first-order chi connectivity index (χ1) is 13.1. The average molecular weight is 382 g/mol. The van der Waals surface area contributed by atoms with Crippen LogP contribution in [-0.4, -0.2) is 19.2 Å². The fourth-order valence-corrected chi connectivity index (χ4v) is 4.17. The molecule has 3 rings (SSSR count). The normalized spacial score (nSPS) is 11.1. The van der Waals surface area contributed by atoms with Gasteiger partial charge in [-0.3, -0.25) is 9.29 Å². The number of hydrogen-bond acceptors (Lipinski definition) is 4. The minimum Gasteiger partial charge on any atom is -0.457 e. The number of ether oxygens (including phenoxy) is 1. The summed E-state index contributed by atoms with van der Waals surface area (Å²) in [5.74, 6) is 1.46. The SMILES string of the molecule is CCCS(=O)(=O)N(Cc1ccccn1)c1ccc(Oc2ccccc2)cc1. The fraction of sp³-hybridized carbons (Fsp3) is 0.190. The van der Waals surface area contributed by atoms with Crippen molar-refractivity contribution in [3.63, 3.8) is 0 Å². The second-order valence-corrected chi connectivity index (χ2v) is 8.07. The highest BCUT2D eigenvalue weighted by Gasteiger charge is 2.22. The van der Waals surface area contributed by atoms with E-state index < -0.39 is 10.0 Å². The average Bonchev–Trinajstić information content (AvgIpc) is 2.68. The van der Waals surface area contributed by atoms with Crippen molar-refractivity contribution in [3.05, 3.63) is 84.7 Å². The van der Waals surface area contributed by atoms with Gasteiger partial charge in [0.1, 0.15) is 11.5 Å². The van der Waals surface area contributed by atoms with Crippen LogP contribution < -0.4 is 9.04 Å². The van der Waals surface area contributed by atoms with Crippen molar-refractivity contribution in [1.82, 2.24) is 4.98 Å². The Hall–Kier alpha value is -2.86. The molecule has 0 N–H and O–H groups in total. The van der Waals surface area contributed by atoms with Gasteiger partial charge in [-0.25, -0.2) is 8.42 Å². The molecule has 0 atom stereocenters. The molecule has 0 amide bonds. The van der Waals surface area contributed by atoms with Crippen molar-refractivity contribution in [2.45, 2.75) is 19.9 Å². The van der Waals surface area contributed by atoms with Crippen molar-refractivity contribution < 1.29 is 13.2 Å². The van der Waals surface area contributed by atoms with Gasteiger partial charge in [0.05, 0.1) is 23.7 Å². The summed E-state index contributed by atoms with van der Waals surface area (Å²) in [4.78, 5) is 4.26. The minimum absolute atomic E-state index is 0.0854. The second-order valence-electron chi connectivity index (χ2n) is 6.05. The number of para-hydroxylation sites is 1. The number of sulfonamides is 1. The van der Waals surface area contributed by atoms with Crippen LogP contribution in [0.3, 0.4) is 0 Å². The van der Waals surface area contributed by atoms with Gasteiger partial charge in [-0.15, -0.1) is 0 Å². The van der Waals surface area contributed by atoms with Gasteiger partial charge in [-0.2, -0.15) is 0 Å². The molecule has 0 saturated carbocycles. The Kier molecular flexibility index (Phi) is 6.08. The Morgan fingerprint density at radius 2 is 1.56 bits per heavy atom. The molecule has 2 aromatic carbocycles. The number of pyridine rings is 1. The van der Waals surface area contributed by atoms with E-state index in [0.29, 0.717) is 23.6 Å². The quantitative estimate of drug-likeness (QED) is 0.570. The smallest absolute Gasteiger partial charge is 0.235 e. The van der Waals surface area contributed by atoms with Gasteiger partial charge in [0.25, 0.3) is 0 Å². The van der Waals surface area contributed by atoms with E-state index in [-0.39, 0.29) is 12.3 Å². The number of anilines is 1. The fourth-order valence-electron chi connectivity index (χ4n) is 2.66. The molecule has 0 aliphatic heterocycles. The lowest BCUT2D eigenvalue weighted by molar-refractivity contribution is 0.482. The van der Waals surface area contributed by atoms with Crippen molar-refractivity contribution in [1.29, 1.82) is 0 Å². The maximum atomic E-state index is 12.8. The van der Waals surface area contributed by atoms with Crippen LogP contribution in [0.4, 0.5) is 5.69 Å². The first-order valence-electron chi connectivity index (χ1n) is 8.82. The highest BCUT2D eigenvalue weighted by molar-refractivity contribution is 7.92. The van der Waals surface area contributed by atoms with Gasteiger partial charge in [0, 0.05) is 6.20 Å². The largest absolute Gasteiger partial charge is 0.457 e. The van der Waals surface area contributed by atoms with Gasteiger partial charge in [0.2, 0.25) is 10.0 Å². The van der Waals surface area contributed by atoms with Crippen LogP contribution in [0.5, 0.6) is 11.5 Å². The van der Waals surface area contributed by atoms with E-state index in [1.54, 1.807) is 30.5 Å². The van der Waals surface area contributed by atoms with Gasteiger partial charge >= 0.3 is 0 Å². The van der Waals surface area contributed by atoms with Crippen LogP contribution in [0.1, 0.15) is 19.0 Å². The maximum Gasteiger partial charge on any atom is 0.235 e. The number of benzene rings is 2. The van der Waals surface area contributed by atoms with Crippen LogP contribution >= 0.6 is 0 Å². The Balaban J connectivity index is 1.85. The molecule has 0 bridgehead atoms. The molecule has 0 fully saturated rings. The van der Waals surface area contributed by atoms with E-state index in [1.807, 2.05) is 55.5 Å². The van der Waals surface area contributed by atoms with Crippen molar-refractivity contribution in [2.24, 2.45) is 0 Å². The molecule has 6 heteroatoms. The van der Waals surface area contributed by atoms with Crippen molar-refractivity contribution >= 4 is 15.7 Å². The summed E-state index contributed by atoms with van der Waals surface area (Å²) in [5, 5.41) is 0. The minimum atomic E-state index is -3.44. The van der Waals surface area contributed by atoms with Gasteiger partial charge in [0.15, 0.2) is 0 Å². The molecule has 5 nitrogen and oxygen atoms in total. The molecule has 0 unspecified atom stereocenters. The zero-order valence-corrected chi connectivity index (χ0v) is 16.0. The predicted octanol–water partition coefficient (Wildman–Crippen LogP) is 4.62. The van der Waals surface area contributed by atoms with Crippen molar-refractivity contribution in [3.8, 4) is 11.5 Å². The third-order valence-corrected chi connectivity index (χ3v) is 5.87. The zero-order valence-electron chi connectivity index (χ0n) is 15.2. The van der Waals surface area contributed by atoms with Crippen LogP contribution in [0.25, 0.3) is 0 Å². The molecule has 27 heavy (non-hydrogen) atoms. The lowest BCUT2D eigenvalue weighted by Crippen LogP contribution is -2.32. The van der Waals surface area contributed by atoms with E-state index >= 15 is 0 Å². The summed E-state index contributed by atoms with van der Waals surface area (Å²) >= 11 is 0. The number of rotatable bonds is 8. The standard InChI is InChI=1S/C21H22N2O3S/c1-2-16-27(24,25)23(17-18-8-6-7-15-22-18)19-11-13-21(14-12-19)26-20-9-4-3-5-10-20/h3-15H,2,16-17H2,1H3. The molecule has 0 spiro atoms. The third kappa shape index (κ3) is 5.08. The van der Waals surface area contributed by atoms with Crippen LogP contribution in [0.15, 0.2) is 79.0 Å². The summed E-state index contributed by atoms with van der Waals surface area (Å²) in [7, 11) is -3.44. The Bertz CT molecular complexity index is 944. The lowest BCUT2D eigenvalue weighted by Gasteiger charge is -2.24. The molecule has 0 aliphatic carbocycles. The Morgan fingerprint density at radius 3 is 2.19 bits per heavy atom. The van der Waals surface area contributed by atoms with E-state index in [9.17, 15) is 8.42 Å². The zero-order chi connectivity index (χ0) is 19.1. The molecule has 1 aromatic heterocycles. The molecule has 0 radical (unpaired) electrons. The number of aromatic nitrogens is 1. The van der Waals surface area contributed by atoms with Crippen molar-refractivity contribution in [2.75, 3.05) is 10.1 Å². The lowest BCUT2D eigenvalue weighted by atomic mass is 10.3. The van der Waals surface area contributed by atoms with E-state index in [2.05, 4.69) is 4.98 Å². The first kappa shape index (κ1) is 18.9. The molecule has 140 valence electrons. The van der Waals surface area contributed by atoms with Crippen LogP contribution in [-0.2, 0) is 16.6 Å². The molecule has 1 heterocycles. The number of hydrogen-bond donors (Lipinski definition) is 0. The van der Waals surface area contributed by atoms with E-state index in [1.165, 1.54) is 4.31 Å². The molecule has 0 saturated heterocycles. The second kappa shape index (κ2) is 8.68. The van der Waals surface area contributed by atoms with Gasteiger partial charge in [-0.05, 0) is 55.0 Å². The summed E-state index contributed by atoms with van der Waals surface area (Å²) in [6.45, 7) is 2.05. The van der Waals surface area contributed by atoms with Gasteiger partial charge < -0.3 is 4.74 Å². The van der Waals surface area contributed by atoms with Crippen LogP contribution in [0.2, 0.25) is 0 Å². The maximum absolute atomic E-state index is 12.8. The highest BCUT2D eigenvalue weighted by Crippen LogP contribution is 2.27. The summed E-state index contributed by atoms with van der Waals surface area (Å²) in [5.41, 5.74) is 1.29. The Morgan fingerprint density at radius 1 is 0.889 bits per heavy atom. The molecule has 3 aromatic rings. The monoisotopic (exact) mass is 382 g/mol. The third-order valence-electron chi connectivity index (χ3n) is 3.93. The van der Waals surface area contributed by atoms with Gasteiger partial charge in [-0.1, -0.05) is 31.2 Å². The predicted molar refractivity (Wildman–Crippen MR) is 107 cm³/mol. The van der Waals surface area contributed by atoms with E-state index in [4.69, 9.17) is 4.74 Å². The highest BCUT2D eigenvalue weighted by atomic mass is 32.2. The molecule has 0 aliphatic rings. The molecular formula is C21H22N2O3S. The summed E-state index contributed by atoms with van der Waals surface area (Å²) in [6.07, 6.45) is 2.22. The topological polar surface area (TPSA) is 59.5 Å². The molecular weight excluding hydrogens is 360 g/mol. The van der Waals surface area contributed by atoms with E-state index in [0.717, 1.165) is 5.75 Å². The Labute approximate surface area is 160 Å². The first-order valence-corrected chi connectivity index (χ1v) is 10.4.